The molecule has 2 N–H and O–H groups in total. The third kappa shape index (κ3) is 4.72. The van der Waals surface area contributed by atoms with Crippen molar-refractivity contribution in [3.63, 3.8) is 0 Å². The molecule has 1 saturated heterocycles. The zero-order valence-electron chi connectivity index (χ0n) is 20.0. The molecule has 0 unspecified atom stereocenters. The number of nitrogens with one attached hydrogen (secondary N) is 2. The van der Waals surface area contributed by atoms with Gasteiger partial charge in [0.15, 0.2) is 28.6 Å². The number of rotatable bonds is 7. The van der Waals surface area contributed by atoms with E-state index >= 15 is 0 Å². The normalized spacial score (nSPS) is 14.1. The number of aryl methyl sites for hydroxylation is 2. The van der Waals surface area contributed by atoms with E-state index in [1.807, 2.05) is 4.90 Å². The van der Waals surface area contributed by atoms with Gasteiger partial charge in [-0.15, -0.1) is 0 Å². The Morgan fingerprint density at radius 3 is 2.53 bits per heavy atom. The van der Waals surface area contributed by atoms with Crippen molar-refractivity contribution < 1.29 is 22.3 Å². The number of morpholine rings is 1. The number of aromatic nitrogens is 6. The van der Waals surface area contributed by atoms with Gasteiger partial charge in [0.05, 0.1) is 31.6 Å². The Morgan fingerprint density at radius 1 is 0.947 bits per heavy atom. The Morgan fingerprint density at radius 2 is 1.74 bits per heavy atom. The summed E-state index contributed by atoms with van der Waals surface area (Å²) in [4.78, 5) is 23.0. The summed E-state index contributed by atoms with van der Waals surface area (Å²) in [6, 6.07) is 5.90. The Balaban J connectivity index is 1.31. The van der Waals surface area contributed by atoms with Crippen LogP contribution in [0.25, 0.3) is 22.2 Å². The summed E-state index contributed by atoms with van der Waals surface area (Å²) in [5.41, 5.74) is 1.83. The Labute approximate surface area is 213 Å². The number of fused-ring (bicyclic) bond motifs is 2. The van der Waals surface area contributed by atoms with Crippen LogP contribution >= 0.6 is 0 Å². The van der Waals surface area contributed by atoms with Gasteiger partial charge in [0.1, 0.15) is 23.0 Å². The monoisotopic (exact) mass is 526 g/mol. The van der Waals surface area contributed by atoms with Crippen LogP contribution in [0.3, 0.4) is 0 Å². The third-order valence-corrected chi connectivity index (χ3v) is 6.33. The molecule has 3 aromatic heterocycles. The average molecular weight is 526 g/mol. The fourth-order valence-electron chi connectivity index (χ4n) is 4.45. The van der Waals surface area contributed by atoms with Gasteiger partial charge in [0.2, 0.25) is 5.95 Å². The van der Waals surface area contributed by atoms with Crippen LogP contribution in [0.4, 0.5) is 29.3 Å². The van der Waals surface area contributed by atoms with E-state index in [1.54, 1.807) is 10.9 Å². The average Bonchev–Trinajstić information content (AvgIpc) is 3.52. The minimum Gasteiger partial charge on any atom is -0.378 e. The van der Waals surface area contributed by atoms with E-state index in [2.05, 4.69) is 25.3 Å². The van der Waals surface area contributed by atoms with Crippen LogP contribution in [0.1, 0.15) is 11.4 Å². The van der Waals surface area contributed by atoms with Crippen LogP contribution in [0.2, 0.25) is 0 Å². The second-order valence-corrected chi connectivity index (χ2v) is 8.90. The van der Waals surface area contributed by atoms with Gasteiger partial charge in [-0.05, 0) is 36.2 Å². The minimum absolute atomic E-state index is 0.0818. The second-order valence-electron chi connectivity index (χ2n) is 8.90. The smallest absolute Gasteiger partial charge is 0.229 e. The van der Waals surface area contributed by atoms with Crippen molar-refractivity contribution in [3.05, 3.63) is 71.3 Å². The molecule has 1 aliphatic rings. The number of nitrogens with zero attached hydrogens (tertiary/aromatic N) is 6. The summed E-state index contributed by atoms with van der Waals surface area (Å²) in [6.07, 6.45) is 1.96. The number of imidazole rings is 2. The van der Waals surface area contributed by atoms with Gasteiger partial charge < -0.3 is 24.5 Å². The standard InChI is InChI=1S/C25H22F4N8O/c26-15-9-14(10-16(27)11-15)3-4-37-13-31-22-23(34-25(35-24(22)37)36-5-7-38-8-6-36)30-12-19-32-18-2-1-17(28)20(29)21(18)33-19/h1-2,9-11,13H,3-8,12H2,(H,32,33)(H,30,34,35). The molecule has 1 aliphatic heterocycles. The molecule has 9 nitrogen and oxygen atoms in total. The molecule has 2 aromatic carbocycles. The van der Waals surface area contributed by atoms with Gasteiger partial charge in [0, 0.05) is 25.7 Å². The van der Waals surface area contributed by atoms with Crippen molar-refractivity contribution in [1.29, 1.82) is 0 Å². The molecule has 0 bridgehead atoms. The molecule has 13 heteroatoms. The lowest BCUT2D eigenvalue weighted by molar-refractivity contribution is 0.122. The van der Waals surface area contributed by atoms with Gasteiger partial charge in [0.25, 0.3) is 0 Å². The fraction of sp³-hybridized carbons (Fsp3) is 0.280. The molecule has 0 radical (unpaired) electrons. The van der Waals surface area contributed by atoms with Crippen LogP contribution < -0.4 is 10.2 Å². The van der Waals surface area contributed by atoms with Crippen molar-refractivity contribution in [2.45, 2.75) is 19.5 Å². The highest BCUT2D eigenvalue weighted by atomic mass is 19.2. The summed E-state index contributed by atoms with van der Waals surface area (Å²) < 4.78 is 62.2. The number of benzene rings is 2. The van der Waals surface area contributed by atoms with E-state index in [-0.39, 0.29) is 12.1 Å². The topological polar surface area (TPSA) is 96.8 Å². The molecule has 0 amide bonds. The van der Waals surface area contributed by atoms with E-state index in [1.165, 1.54) is 18.2 Å². The van der Waals surface area contributed by atoms with Crippen LogP contribution in [0, 0.1) is 23.3 Å². The first-order valence-corrected chi connectivity index (χ1v) is 12.0. The first-order valence-electron chi connectivity index (χ1n) is 12.0. The predicted octanol–water partition coefficient (Wildman–Crippen LogP) is 3.95. The van der Waals surface area contributed by atoms with E-state index in [9.17, 15) is 17.6 Å². The number of ether oxygens (including phenoxy) is 1. The highest BCUT2D eigenvalue weighted by Gasteiger charge is 2.20. The predicted molar refractivity (Wildman–Crippen MR) is 132 cm³/mol. The molecule has 5 aromatic rings. The van der Waals surface area contributed by atoms with E-state index in [4.69, 9.17) is 9.72 Å². The maximum Gasteiger partial charge on any atom is 0.229 e. The summed E-state index contributed by atoms with van der Waals surface area (Å²) in [5.74, 6) is -1.96. The van der Waals surface area contributed by atoms with Gasteiger partial charge in [-0.2, -0.15) is 9.97 Å². The van der Waals surface area contributed by atoms with E-state index < -0.39 is 23.3 Å². The third-order valence-electron chi connectivity index (χ3n) is 6.33. The van der Waals surface area contributed by atoms with E-state index in [0.29, 0.717) is 79.1 Å². The summed E-state index contributed by atoms with van der Waals surface area (Å²) in [5, 5.41) is 3.19. The number of halogens is 4. The molecular weight excluding hydrogens is 504 g/mol. The molecular formula is C25H22F4N8O. The molecule has 0 aliphatic carbocycles. The molecule has 38 heavy (non-hydrogen) atoms. The lowest BCUT2D eigenvalue weighted by Crippen LogP contribution is -2.37. The number of hydrogen-bond acceptors (Lipinski definition) is 7. The van der Waals surface area contributed by atoms with Gasteiger partial charge in [-0.25, -0.2) is 27.5 Å². The molecule has 196 valence electrons. The molecule has 0 saturated carbocycles. The van der Waals surface area contributed by atoms with Crippen LogP contribution in [-0.2, 0) is 24.2 Å². The Kier molecular flexibility index (Phi) is 6.27. The summed E-state index contributed by atoms with van der Waals surface area (Å²) in [7, 11) is 0. The number of H-pyrrole nitrogens is 1. The highest BCUT2D eigenvalue weighted by Crippen LogP contribution is 2.25. The Hall–Kier alpha value is -4.26. The number of anilines is 2. The van der Waals surface area contributed by atoms with Crippen LogP contribution in [0.5, 0.6) is 0 Å². The molecule has 6 rings (SSSR count). The van der Waals surface area contributed by atoms with Crippen molar-refractivity contribution in [2.24, 2.45) is 0 Å². The minimum atomic E-state index is -1.01. The molecule has 0 spiro atoms. The SMILES string of the molecule is Fc1cc(F)cc(CCn2cnc3c(NCc4nc5c(F)c(F)ccc5[nH]4)nc(N4CCOCC4)nc32)c1. The van der Waals surface area contributed by atoms with E-state index in [0.717, 1.165) is 12.1 Å². The largest absolute Gasteiger partial charge is 0.378 e. The van der Waals surface area contributed by atoms with Crippen molar-refractivity contribution >= 4 is 34.0 Å². The highest BCUT2D eigenvalue weighted by molar-refractivity contribution is 5.84. The second kappa shape index (κ2) is 9.89. The van der Waals surface area contributed by atoms with Crippen LogP contribution in [-0.4, -0.2) is 55.8 Å². The molecule has 1 fully saturated rings. The lowest BCUT2D eigenvalue weighted by Gasteiger charge is -2.27. The van der Waals surface area contributed by atoms with Gasteiger partial charge in [-0.3, -0.25) is 0 Å². The summed E-state index contributed by atoms with van der Waals surface area (Å²) >= 11 is 0. The first kappa shape index (κ1) is 24.1. The lowest BCUT2D eigenvalue weighted by atomic mass is 10.1. The maximum absolute atomic E-state index is 14.1. The zero-order chi connectivity index (χ0) is 26.2. The van der Waals surface area contributed by atoms with Gasteiger partial charge in [-0.1, -0.05) is 0 Å². The quantitative estimate of drug-likeness (QED) is 0.310. The number of hydrogen-bond donors (Lipinski definition) is 2. The van der Waals surface area contributed by atoms with Gasteiger partial charge >= 0.3 is 0 Å². The zero-order valence-corrected chi connectivity index (χ0v) is 20.0. The Bertz CT molecular complexity index is 1610. The van der Waals surface area contributed by atoms with Crippen molar-refractivity contribution in [1.82, 2.24) is 29.5 Å². The van der Waals surface area contributed by atoms with Crippen molar-refractivity contribution in [3.8, 4) is 0 Å². The first-order chi connectivity index (χ1) is 18.4. The van der Waals surface area contributed by atoms with Crippen molar-refractivity contribution in [2.75, 3.05) is 36.5 Å². The maximum atomic E-state index is 14.1. The summed E-state index contributed by atoms with van der Waals surface area (Å²) in [6.45, 7) is 2.81. The van der Waals surface area contributed by atoms with Crippen LogP contribution in [0.15, 0.2) is 36.7 Å². The molecule has 0 atom stereocenters. The fourth-order valence-corrected chi connectivity index (χ4v) is 4.45. The molecule has 4 heterocycles. The number of aromatic amines is 1.